The topological polar surface area (TPSA) is 61.4 Å². The minimum Gasteiger partial charge on any atom is -0.372 e. The second-order valence-corrected chi connectivity index (χ2v) is 6.17. The molecule has 3 rings (SSSR count). The summed E-state index contributed by atoms with van der Waals surface area (Å²) in [6, 6.07) is 16.1. The molecule has 2 N–H and O–H groups in total. The zero-order chi connectivity index (χ0) is 17.6. The highest BCUT2D eigenvalue weighted by Crippen LogP contribution is 2.21. The summed E-state index contributed by atoms with van der Waals surface area (Å²) in [7, 11) is 1.56. The van der Waals surface area contributed by atoms with Crippen LogP contribution in [0.4, 0.5) is 5.69 Å². The van der Waals surface area contributed by atoms with E-state index in [1.165, 1.54) is 12.8 Å². The van der Waals surface area contributed by atoms with Crippen LogP contribution in [0.5, 0.6) is 0 Å². The van der Waals surface area contributed by atoms with Crippen molar-refractivity contribution in [2.24, 2.45) is 0 Å². The predicted molar refractivity (Wildman–Crippen MR) is 98.6 cm³/mol. The third kappa shape index (κ3) is 3.99. The summed E-state index contributed by atoms with van der Waals surface area (Å²) in [5.41, 5.74) is 2.44. The third-order valence-electron chi connectivity index (χ3n) is 4.52. The molecule has 5 nitrogen and oxygen atoms in total. The molecule has 1 saturated heterocycles. The van der Waals surface area contributed by atoms with Crippen molar-refractivity contribution in [1.82, 2.24) is 10.6 Å². The summed E-state index contributed by atoms with van der Waals surface area (Å²) in [6.45, 7) is 2.14. The number of hydrogen-bond acceptors (Lipinski definition) is 3. The molecule has 1 unspecified atom stereocenters. The van der Waals surface area contributed by atoms with E-state index in [4.69, 9.17) is 0 Å². The number of rotatable bonds is 5. The third-order valence-corrected chi connectivity index (χ3v) is 4.52. The van der Waals surface area contributed by atoms with Gasteiger partial charge in [0.15, 0.2) is 0 Å². The van der Waals surface area contributed by atoms with Crippen LogP contribution in [0.1, 0.15) is 34.8 Å². The van der Waals surface area contributed by atoms with Gasteiger partial charge in [-0.25, -0.2) is 0 Å². The molecule has 2 aromatic rings. The molecule has 0 bridgehead atoms. The Labute approximate surface area is 148 Å². The summed E-state index contributed by atoms with van der Waals surface area (Å²) < 4.78 is 0. The van der Waals surface area contributed by atoms with Gasteiger partial charge in [0.25, 0.3) is 5.91 Å². The number of amides is 2. The van der Waals surface area contributed by atoms with Crippen LogP contribution >= 0.6 is 0 Å². The maximum atomic E-state index is 12.6. The largest absolute Gasteiger partial charge is 0.372 e. The predicted octanol–water partition coefficient (Wildman–Crippen LogP) is 2.50. The average molecular weight is 337 g/mol. The average Bonchev–Trinajstić information content (AvgIpc) is 3.21. The lowest BCUT2D eigenvalue weighted by molar-refractivity contribution is -0.122. The SMILES string of the molecule is CNC(=O)C(NC(=O)c1ccc(N2CCCC2)cc1)c1ccccc1. The van der Waals surface area contributed by atoms with Crippen LogP contribution in [0.25, 0.3) is 0 Å². The Morgan fingerprint density at radius 1 is 0.960 bits per heavy atom. The summed E-state index contributed by atoms with van der Waals surface area (Å²) in [5, 5.41) is 5.43. The Morgan fingerprint density at radius 3 is 2.20 bits per heavy atom. The van der Waals surface area contributed by atoms with E-state index in [1.54, 1.807) is 7.05 Å². The summed E-state index contributed by atoms with van der Waals surface area (Å²) in [4.78, 5) is 27.1. The van der Waals surface area contributed by atoms with Crippen molar-refractivity contribution in [3.8, 4) is 0 Å². The van der Waals surface area contributed by atoms with Crippen molar-refractivity contribution in [1.29, 1.82) is 0 Å². The molecule has 0 saturated carbocycles. The summed E-state index contributed by atoms with van der Waals surface area (Å²) in [6.07, 6.45) is 2.43. The van der Waals surface area contributed by atoms with Gasteiger partial charge in [0.05, 0.1) is 0 Å². The number of likely N-dealkylation sites (N-methyl/N-ethyl adjacent to an activating group) is 1. The fraction of sp³-hybridized carbons (Fsp3) is 0.300. The zero-order valence-corrected chi connectivity index (χ0v) is 14.4. The van der Waals surface area contributed by atoms with Crippen molar-refractivity contribution >= 4 is 17.5 Å². The van der Waals surface area contributed by atoms with E-state index in [9.17, 15) is 9.59 Å². The van der Waals surface area contributed by atoms with E-state index in [2.05, 4.69) is 15.5 Å². The van der Waals surface area contributed by atoms with E-state index < -0.39 is 6.04 Å². The summed E-state index contributed by atoms with van der Waals surface area (Å²) in [5.74, 6) is -0.501. The van der Waals surface area contributed by atoms with E-state index >= 15 is 0 Å². The molecule has 2 amide bonds. The van der Waals surface area contributed by atoms with Crippen LogP contribution in [-0.2, 0) is 4.79 Å². The van der Waals surface area contributed by atoms with Gasteiger partial charge < -0.3 is 15.5 Å². The maximum absolute atomic E-state index is 12.6. The van der Waals surface area contributed by atoms with E-state index in [1.807, 2.05) is 54.6 Å². The first kappa shape index (κ1) is 17.0. The van der Waals surface area contributed by atoms with Crippen molar-refractivity contribution in [3.63, 3.8) is 0 Å². The van der Waals surface area contributed by atoms with Gasteiger partial charge in [-0.3, -0.25) is 9.59 Å². The van der Waals surface area contributed by atoms with Crippen molar-refractivity contribution < 1.29 is 9.59 Å². The molecule has 130 valence electrons. The molecule has 25 heavy (non-hydrogen) atoms. The van der Waals surface area contributed by atoms with Crippen molar-refractivity contribution in [3.05, 3.63) is 65.7 Å². The first-order chi connectivity index (χ1) is 12.2. The van der Waals surface area contributed by atoms with Crippen LogP contribution in [0.3, 0.4) is 0 Å². The maximum Gasteiger partial charge on any atom is 0.252 e. The van der Waals surface area contributed by atoms with E-state index in [0.29, 0.717) is 5.56 Å². The summed E-state index contributed by atoms with van der Waals surface area (Å²) >= 11 is 0. The van der Waals surface area contributed by atoms with Gasteiger partial charge in [0, 0.05) is 31.4 Å². The molecular weight excluding hydrogens is 314 g/mol. The highest BCUT2D eigenvalue weighted by atomic mass is 16.2. The Balaban J connectivity index is 1.73. The highest BCUT2D eigenvalue weighted by Gasteiger charge is 2.22. The molecule has 0 radical (unpaired) electrons. The number of carbonyl (C=O) groups excluding carboxylic acids is 2. The van der Waals surface area contributed by atoms with Gasteiger partial charge in [-0.15, -0.1) is 0 Å². The lowest BCUT2D eigenvalue weighted by Gasteiger charge is -2.19. The van der Waals surface area contributed by atoms with Crippen LogP contribution in [0.15, 0.2) is 54.6 Å². The van der Waals surface area contributed by atoms with E-state index in [0.717, 1.165) is 24.3 Å². The number of carbonyl (C=O) groups is 2. The Bertz CT molecular complexity index is 722. The minimum atomic E-state index is -0.711. The Kier molecular flexibility index (Phi) is 5.33. The van der Waals surface area contributed by atoms with Gasteiger partial charge in [-0.2, -0.15) is 0 Å². The molecule has 0 aliphatic carbocycles. The fourth-order valence-electron chi connectivity index (χ4n) is 3.10. The number of anilines is 1. The second-order valence-electron chi connectivity index (χ2n) is 6.17. The van der Waals surface area contributed by atoms with Gasteiger partial charge in [0.2, 0.25) is 5.91 Å². The Morgan fingerprint density at radius 2 is 1.60 bits per heavy atom. The molecule has 1 fully saturated rings. The molecule has 0 spiro atoms. The molecule has 1 aliphatic heterocycles. The standard InChI is InChI=1S/C20H23N3O2/c1-21-20(25)18(15-7-3-2-4-8-15)22-19(24)16-9-11-17(12-10-16)23-13-5-6-14-23/h2-4,7-12,18H,5-6,13-14H2,1H3,(H,21,25)(H,22,24). The fourth-order valence-corrected chi connectivity index (χ4v) is 3.10. The molecule has 5 heteroatoms. The van der Waals surface area contributed by atoms with Gasteiger partial charge in [-0.1, -0.05) is 30.3 Å². The smallest absolute Gasteiger partial charge is 0.252 e. The lowest BCUT2D eigenvalue weighted by Crippen LogP contribution is -2.39. The second kappa shape index (κ2) is 7.83. The molecule has 1 heterocycles. The van der Waals surface area contributed by atoms with Crippen LogP contribution < -0.4 is 15.5 Å². The van der Waals surface area contributed by atoms with Gasteiger partial charge in [-0.05, 0) is 42.7 Å². The molecule has 1 aliphatic rings. The Hall–Kier alpha value is -2.82. The number of nitrogens with zero attached hydrogens (tertiary/aromatic N) is 1. The normalized spacial score (nSPS) is 14.8. The van der Waals surface area contributed by atoms with Gasteiger partial charge >= 0.3 is 0 Å². The minimum absolute atomic E-state index is 0.242. The first-order valence-corrected chi connectivity index (χ1v) is 8.61. The number of hydrogen-bond donors (Lipinski definition) is 2. The molecular formula is C20H23N3O2. The quantitative estimate of drug-likeness (QED) is 0.881. The van der Waals surface area contributed by atoms with Crippen LogP contribution in [0.2, 0.25) is 0 Å². The molecule has 0 aromatic heterocycles. The highest BCUT2D eigenvalue weighted by molar-refractivity contribution is 5.98. The monoisotopic (exact) mass is 337 g/mol. The lowest BCUT2D eigenvalue weighted by atomic mass is 10.1. The van der Waals surface area contributed by atoms with Crippen LogP contribution in [-0.4, -0.2) is 32.0 Å². The number of benzene rings is 2. The molecule has 2 aromatic carbocycles. The molecule has 1 atom stereocenters. The van der Waals surface area contributed by atoms with E-state index in [-0.39, 0.29) is 11.8 Å². The van der Waals surface area contributed by atoms with Crippen LogP contribution in [0, 0.1) is 0 Å². The van der Waals surface area contributed by atoms with Crippen molar-refractivity contribution in [2.45, 2.75) is 18.9 Å². The zero-order valence-electron chi connectivity index (χ0n) is 14.4. The first-order valence-electron chi connectivity index (χ1n) is 8.61. The van der Waals surface area contributed by atoms with Crippen molar-refractivity contribution in [2.75, 3.05) is 25.0 Å². The number of nitrogens with one attached hydrogen (secondary N) is 2. The van der Waals surface area contributed by atoms with Gasteiger partial charge in [0.1, 0.15) is 6.04 Å².